The van der Waals surface area contributed by atoms with Crippen molar-refractivity contribution in [1.29, 1.82) is 0 Å². The van der Waals surface area contributed by atoms with Crippen molar-refractivity contribution >= 4 is 55.3 Å². The predicted octanol–water partition coefficient (Wildman–Crippen LogP) is 3.33. The van der Waals surface area contributed by atoms with Crippen LogP contribution in [0.3, 0.4) is 0 Å². The second-order valence-corrected chi connectivity index (χ2v) is 16.6. The molecule has 3 N–H and O–H groups in total. The van der Waals surface area contributed by atoms with Crippen molar-refractivity contribution in [2.24, 2.45) is 5.92 Å². The van der Waals surface area contributed by atoms with Crippen LogP contribution in [-0.4, -0.2) is 87.4 Å². The summed E-state index contributed by atoms with van der Waals surface area (Å²) in [6.45, 7) is -0.00411. The molecule has 54 heavy (non-hydrogen) atoms. The Bertz CT molecular complexity index is 2270. The Morgan fingerprint density at radius 3 is 2.50 bits per heavy atom. The van der Waals surface area contributed by atoms with E-state index in [-0.39, 0.29) is 25.1 Å². The van der Waals surface area contributed by atoms with E-state index in [0.29, 0.717) is 38.0 Å². The van der Waals surface area contributed by atoms with E-state index >= 15 is 0 Å². The summed E-state index contributed by atoms with van der Waals surface area (Å²) in [7, 11) is -3.89. The minimum atomic E-state index is -3.89. The highest BCUT2D eigenvalue weighted by atomic mass is 32.2. The van der Waals surface area contributed by atoms with Crippen molar-refractivity contribution in [3.63, 3.8) is 0 Å². The molecule has 2 saturated carbocycles. The minimum Gasteiger partial charge on any atom is -0.472 e. The first kappa shape index (κ1) is 35.6. The van der Waals surface area contributed by atoms with Gasteiger partial charge in [0.1, 0.15) is 29.4 Å². The van der Waals surface area contributed by atoms with Crippen molar-refractivity contribution in [3.8, 4) is 5.88 Å². The van der Waals surface area contributed by atoms with E-state index in [1.165, 1.54) is 23.5 Å². The predicted molar refractivity (Wildman–Crippen MR) is 198 cm³/mol. The lowest BCUT2D eigenvalue weighted by Gasteiger charge is -2.29. The van der Waals surface area contributed by atoms with Crippen LogP contribution in [0.5, 0.6) is 5.88 Å². The van der Waals surface area contributed by atoms with Crippen LogP contribution in [0.25, 0.3) is 21.7 Å². The Hall–Kier alpha value is -5.44. The molecule has 280 valence electrons. The van der Waals surface area contributed by atoms with Crippen LogP contribution in [0, 0.1) is 5.92 Å². The van der Waals surface area contributed by atoms with Gasteiger partial charge in [0.2, 0.25) is 27.7 Å². The second-order valence-electron chi connectivity index (χ2n) is 14.6. The summed E-state index contributed by atoms with van der Waals surface area (Å²) in [6.07, 6.45) is 11.7. The molecule has 2 aromatic carbocycles. The fourth-order valence-corrected chi connectivity index (χ4v) is 8.98. The number of nitrogens with zero attached hydrogens (tertiary/aromatic N) is 4. The van der Waals surface area contributed by atoms with Crippen molar-refractivity contribution in [3.05, 3.63) is 85.0 Å². The van der Waals surface area contributed by atoms with Crippen molar-refractivity contribution in [2.75, 3.05) is 6.54 Å². The van der Waals surface area contributed by atoms with Crippen molar-refractivity contribution in [1.82, 2.24) is 35.2 Å². The quantitative estimate of drug-likeness (QED) is 0.187. The first-order chi connectivity index (χ1) is 26.1. The smallest absolute Gasteiger partial charge is 0.272 e. The van der Waals surface area contributed by atoms with Crippen LogP contribution >= 0.6 is 0 Å². The van der Waals surface area contributed by atoms with Crippen LogP contribution in [0.1, 0.15) is 68.3 Å². The molecule has 1 saturated heterocycles. The van der Waals surface area contributed by atoms with Gasteiger partial charge >= 0.3 is 0 Å². The van der Waals surface area contributed by atoms with Crippen molar-refractivity contribution in [2.45, 2.75) is 86.8 Å². The minimum absolute atomic E-state index is 0.00411. The standard InChI is InChI=1S/C39H41N7O7S/c47-34(32-22-40-18-19-41-32)42-31-15-5-3-1-2-4-10-24-21-39(24,38(50)45-54(51,52)26-16-17-26)44-35(48)33-20-25(23-46(33)37(31)49)53-36-29-13-7-6-11-27(29)28-12-8-9-14-30(28)43-36/h4,6-14,18-19,22,24-26,31,33H,1-3,5,15-17,20-21,23H2,(H,42,47)(H,44,48)(H,45,50)/b10-4-/t24-,25-,31+,33+,39-/m1/s1. The van der Waals surface area contributed by atoms with E-state index in [1.807, 2.05) is 60.7 Å². The molecule has 0 unspecified atom stereocenters. The van der Waals surface area contributed by atoms with E-state index in [1.54, 1.807) is 0 Å². The van der Waals surface area contributed by atoms with E-state index in [9.17, 15) is 27.6 Å². The summed E-state index contributed by atoms with van der Waals surface area (Å²) in [6, 6.07) is 13.3. The zero-order valence-electron chi connectivity index (χ0n) is 29.5. The highest BCUT2D eigenvalue weighted by molar-refractivity contribution is 7.91. The van der Waals surface area contributed by atoms with Gasteiger partial charge < -0.3 is 20.3 Å². The van der Waals surface area contributed by atoms with Crippen LogP contribution in [-0.2, 0) is 24.4 Å². The highest BCUT2D eigenvalue weighted by Crippen LogP contribution is 2.46. The van der Waals surface area contributed by atoms with Gasteiger partial charge in [-0.2, -0.15) is 0 Å². The molecule has 2 aliphatic heterocycles. The summed E-state index contributed by atoms with van der Waals surface area (Å²) in [5.74, 6) is -2.53. The number of carbonyl (C=O) groups excluding carboxylic acids is 4. The number of nitrogens with one attached hydrogen (secondary N) is 3. The number of benzene rings is 2. The van der Waals surface area contributed by atoms with Gasteiger partial charge in [0, 0.05) is 35.5 Å². The van der Waals surface area contributed by atoms with Gasteiger partial charge in [0.15, 0.2) is 0 Å². The molecule has 5 atom stereocenters. The summed E-state index contributed by atoms with van der Waals surface area (Å²) >= 11 is 0. The molecule has 4 amide bonds. The highest BCUT2D eigenvalue weighted by Gasteiger charge is 2.62. The summed E-state index contributed by atoms with van der Waals surface area (Å²) < 4.78 is 34.5. The fraction of sp³-hybridized carbons (Fsp3) is 0.410. The molecule has 4 heterocycles. The molecule has 15 heteroatoms. The lowest BCUT2D eigenvalue weighted by molar-refractivity contribution is -0.141. The fourth-order valence-electron chi connectivity index (χ4n) is 7.62. The summed E-state index contributed by atoms with van der Waals surface area (Å²) in [4.78, 5) is 70.4. The maximum absolute atomic E-state index is 14.6. The molecule has 0 radical (unpaired) electrons. The third-order valence-electron chi connectivity index (χ3n) is 10.8. The van der Waals surface area contributed by atoms with E-state index in [4.69, 9.17) is 9.72 Å². The second kappa shape index (κ2) is 14.4. The first-order valence-electron chi connectivity index (χ1n) is 18.5. The van der Waals surface area contributed by atoms with Gasteiger partial charge in [-0.1, -0.05) is 61.4 Å². The largest absolute Gasteiger partial charge is 0.472 e. The average molecular weight is 752 g/mol. The third-order valence-corrected chi connectivity index (χ3v) is 12.6. The number of hydrogen-bond acceptors (Lipinski definition) is 10. The molecule has 0 bridgehead atoms. The zero-order valence-corrected chi connectivity index (χ0v) is 30.3. The number of pyridine rings is 1. The number of allylic oxidation sites excluding steroid dienone is 1. The first-order valence-corrected chi connectivity index (χ1v) is 20.0. The molecule has 2 aromatic heterocycles. The average Bonchev–Trinajstić information content (AvgIpc) is 4.11. The van der Waals surface area contributed by atoms with Crippen LogP contribution in [0.2, 0.25) is 0 Å². The van der Waals surface area contributed by atoms with Gasteiger partial charge in [-0.15, -0.1) is 0 Å². The van der Waals surface area contributed by atoms with Crippen LogP contribution in [0.4, 0.5) is 0 Å². The number of ether oxygens (including phenoxy) is 1. The molecular weight excluding hydrogens is 711 g/mol. The summed E-state index contributed by atoms with van der Waals surface area (Å²) in [5, 5.41) is 7.76. The van der Waals surface area contributed by atoms with E-state index in [2.05, 4.69) is 25.3 Å². The maximum Gasteiger partial charge on any atom is 0.272 e. The topological polar surface area (TPSA) is 190 Å². The van der Waals surface area contributed by atoms with Gasteiger partial charge in [0.05, 0.1) is 23.5 Å². The zero-order chi connectivity index (χ0) is 37.5. The third kappa shape index (κ3) is 7.11. The molecule has 14 nitrogen and oxygen atoms in total. The van der Waals surface area contributed by atoms with Gasteiger partial charge in [0.25, 0.3) is 11.8 Å². The van der Waals surface area contributed by atoms with Gasteiger partial charge in [-0.25, -0.2) is 18.4 Å². The van der Waals surface area contributed by atoms with Crippen LogP contribution < -0.4 is 20.1 Å². The maximum atomic E-state index is 14.6. The number of carbonyl (C=O) groups is 4. The summed E-state index contributed by atoms with van der Waals surface area (Å²) in [5.41, 5.74) is -0.730. The number of hydrogen-bond donors (Lipinski definition) is 3. The van der Waals surface area contributed by atoms with Crippen molar-refractivity contribution < 1.29 is 32.3 Å². The monoisotopic (exact) mass is 751 g/mol. The van der Waals surface area contributed by atoms with Gasteiger partial charge in [-0.05, 0) is 56.0 Å². The molecular formula is C39H41N7O7S. The number of rotatable bonds is 7. The Balaban J connectivity index is 1.12. The number of para-hydroxylation sites is 1. The Labute approximate surface area is 312 Å². The SMILES string of the molecule is O=C(N[C@H]1CCCCC/C=C\[C@@H]2C[C@@]2(C(=O)NS(=O)(=O)C2CC2)NC(=O)[C@@H]2C[C@@H](Oc3nc4ccccc4c4ccccc34)CN2C1=O)c1cnccn1. The lowest BCUT2D eigenvalue weighted by Crippen LogP contribution is -2.58. The Morgan fingerprint density at radius 1 is 0.944 bits per heavy atom. The van der Waals surface area contributed by atoms with Gasteiger partial charge in [-0.3, -0.25) is 28.9 Å². The molecule has 4 aliphatic rings. The Morgan fingerprint density at radius 2 is 1.72 bits per heavy atom. The van der Waals surface area contributed by atoms with E-state index < -0.39 is 68.5 Å². The molecule has 2 aliphatic carbocycles. The van der Waals surface area contributed by atoms with E-state index in [0.717, 1.165) is 34.5 Å². The van der Waals surface area contributed by atoms with Crippen LogP contribution in [0.15, 0.2) is 79.3 Å². The number of amides is 4. The molecule has 0 spiro atoms. The number of fused-ring (bicyclic) bond motifs is 5. The Kier molecular flexibility index (Phi) is 9.50. The molecule has 4 aromatic rings. The number of aromatic nitrogens is 3. The molecule has 8 rings (SSSR count). The number of sulfonamides is 1. The molecule has 3 fully saturated rings. The lowest BCUT2D eigenvalue weighted by atomic mass is 10.0. The normalized spacial score (nSPS) is 26.8.